The van der Waals surface area contributed by atoms with Crippen LogP contribution in [-0.4, -0.2) is 25.5 Å². The summed E-state index contributed by atoms with van der Waals surface area (Å²) in [4.78, 5) is 15.2. The van der Waals surface area contributed by atoms with Gasteiger partial charge in [0.05, 0.1) is 6.54 Å². The minimum absolute atomic E-state index is 0.103. The summed E-state index contributed by atoms with van der Waals surface area (Å²) < 4.78 is 43.6. The molecule has 0 N–H and O–H groups in total. The SMILES string of the molecule is CCc1noc(=O)n1Cc1nccn1CC(F)(F)F. The Morgan fingerprint density at radius 1 is 1.37 bits per heavy atom. The first-order valence-corrected chi connectivity index (χ1v) is 5.53. The molecule has 0 aliphatic heterocycles. The first-order chi connectivity index (χ1) is 8.90. The van der Waals surface area contributed by atoms with Crippen molar-refractivity contribution in [1.82, 2.24) is 19.3 Å². The van der Waals surface area contributed by atoms with Crippen LogP contribution in [0.4, 0.5) is 13.2 Å². The number of aryl methyl sites for hydroxylation is 1. The number of alkyl halides is 3. The lowest BCUT2D eigenvalue weighted by Gasteiger charge is -2.10. The molecule has 0 bridgehead atoms. The van der Waals surface area contributed by atoms with Crippen LogP contribution in [0.3, 0.4) is 0 Å². The van der Waals surface area contributed by atoms with Crippen LogP contribution in [-0.2, 0) is 19.5 Å². The first kappa shape index (κ1) is 13.4. The normalized spacial score (nSPS) is 12.0. The standard InChI is InChI=1S/C10H11F3N4O2/c1-2-7-15-19-9(18)17(7)5-8-14-3-4-16(8)6-10(11,12)13/h3-4H,2,5-6H2,1H3. The number of imidazole rings is 1. The van der Waals surface area contributed by atoms with Crippen molar-refractivity contribution >= 4 is 0 Å². The van der Waals surface area contributed by atoms with E-state index in [0.717, 1.165) is 9.13 Å². The third-order valence-electron chi connectivity index (χ3n) is 2.53. The van der Waals surface area contributed by atoms with Crippen LogP contribution < -0.4 is 5.76 Å². The van der Waals surface area contributed by atoms with Gasteiger partial charge in [0.25, 0.3) is 0 Å². The molecule has 0 aliphatic carbocycles. The third kappa shape index (κ3) is 3.04. The van der Waals surface area contributed by atoms with E-state index in [1.807, 2.05) is 0 Å². The van der Waals surface area contributed by atoms with Crippen LogP contribution in [0, 0.1) is 0 Å². The topological polar surface area (TPSA) is 65.8 Å². The minimum atomic E-state index is -4.34. The number of halogens is 3. The number of hydrogen-bond acceptors (Lipinski definition) is 4. The van der Waals surface area contributed by atoms with Crippen molar-refractivity contribution in [3.63, 3.8) is 0 Å². The maximum absolute atomic E-state index is 12.4. The molecule has 104 valence electrons. The largest absolute Gasteiger partial charge is 0.442 e. The molecule has 0 unspecified atom stereocenters. The van der Waals surface area contributed by atoms with Gasteiger partial charge in [-0.2, -0.15) is 13.2 Å². The summed E-state index contributed by atoms with van der Waals surface area (Å²) in [6.07, 6.45) is -1.44. The molecule has 2 heterocycles. The van der Waals surface area contributed by atoms with E-state index >= 15 is 0 Å². The molecule has 6 nitrogen and oxygen atoms in total. The predicted molar refractivity (Wildman–Crippen MR) is 57.5 cm³/mol. The highest BCUT2D eigenvalue weighted by molar-refractivity contribution is 4.96. The second-order valence-electron chi connectivity index (χ2n) is 3.89. The van der Waals surface area contributed by atoms with Crippen molar-refractivity contribution in [2.45, 2.75) is 32.6 Å². The maximum atomic E-state index is 12.4. The van der Waals surface area contributed by atoms with E-state index in [1.54, 1.807) is 6.92 Å². The van der Waals surface area contributed by atoms with Crippen LogP contribution in [0.2, 0.25) is 0 Å². The third-order valence-corrected chi connectivity index (χ3v) is 2.53. The number of hydrogen-bond donors (Lipinski definition) is 0. The molecule has 2 aromatic heterocycles. The van der Waals surface area contributed by atoms with Gasteiger partial charge in [-0.3, -0.25) is 9.09 Å². The van der Waals surface area contributed by atoms with Gasteiger partial charge in [0.15, 0.2) is 5.82 Å². The summed E-state index contributed by atoms with van der Waals surface area (Å²) in [7, 11) is 0. The van der Waals surface area contributed by atoms with Gasteiger partial charge in [-0.1, -0.05) is 12.1 Å². The highest BCUT2D eigenvalue weighted by Gasteiger charge is 2.29. The van der Waals surface area contributed by atoms with E-state index in [0.29, 0.717) is 12.2 Å². The zero-order chi connectivity index (χ0) is 14.0. The second kappa shape index (κ2) is 4.90. The van der Waals surface area contributed by atoms with Crippen LogP contribution in [0.15, 0.2) is 21.7 Å². The lowest BCUT2D eigenvalue weighted by Crippen LogP contribution is -2.23. The molecule has 0 aliphatic rings. The molecular formula is C10H11F3N4O2. The van der Waals surface area contributed by atoms with Crippen molar-refractivity contribution in [2.75, 3.05) is 0 Å². The molecule has 0 saturated carbocycles. The van der Waals surface area contributed by atoms with Gasteiger partial charge in [0.1, 0.15) is 12.4 Å². The summed E-state index contributed by atoms with van der Waals surface area (Å²) in [5.74, 6) is -0.220. The van der Waals surface area contributed by atoms with Gasteiger partial charge in [0, 0.05) is 18.8 Å². The molecule has 2 rings (SSSR count). The summed E-state index contributed by atoms with van der Waals surface area (Å²) >= 11 is 0. The molecule has 2 aromatic rings. The predicted octanol–water partition coefficient (Wildman–Crippen LogP) is 1.21. The Morgan fingerprint density at radius 2 is 2.11 bits per heavy atom. The fourth-order valence-electron chi connectivity index (χ4n) is 1.68. The number of rotatable bonds is 4. The van der Waals surface area contributed by atoms with E-state index in [-0.39, 0.29) is 12.4 Å². The van der Waals surface area contributed by atoms with Gasteiger partial charge < -0.3 is 4.57 Å². The molecule has 0 amide bonds. The van der Waals surface area contributed by atoms with Crippen LogP contribution in [0.25, 0.3) is 0 Å². The van der Waals surface area contributed by atoms with Crippen molar-refractivity contribution in [1.29, 1.82) is 0 Å². The van der Waals surface area contributed by atoms with Crippen molar-refractivity contribution in [2.24, 2.45) is 0 Å². The Labute approximate surface area is 105 Å². The highest BCUT2D eigenvalue weighted by Crippen LogP contribution is 2.18. The fraction of sp³-hybridized carbons (Fsp3) is 0.500. The van der Waals surface area contributed by atoms with Crippen molar-refractivity contribution in [3.8, 4) is 0 Å². The van der Waals surface area contributed by atoms with E-state index in [2.05, 4.69) is 14.7 Å². The summed E-state index contributed by atoms with van der Waals surface area (Å²) in [5, 5.41) is 3.54. The molecule has 0 spiro atoms. The van der Waals surface area contributed by atoms with E-state index in [9.17, 15) is 18.0 Å². The molecule has 0 saturated heterocycles. The zero-order valence-corrected chi connectivity index (χ0v) is 10.0. The Bertz CT molecular complexity index is 611. The summed E-state index contributed by atoms with van der Waals surface area (Å²) in [5.41, 5.74) is 0. The van der Waals surface area contributed by atoms with Crippen LogP contribution in [0.5, 0.6) is 0 Å². The Balaban J connectivity index is 2.27. The van der Waals surface area contributed by atoms with Crippen LogP contribution >= 0.6 is 0 Å². The number of nitrogens with zero attached hydrogens (tertiary/aromatic N) is 4. The van der Waals surface area contributed by atoms with Crippen molar-refractivity contribution in [3.05, 3.63) is 34.6 Å². The second-order valence-corrected chi connectivity index (χ2v) is 3.89. The fourth-order valence-corrected chi connectivity index (χ4v) is 1.68. The Morgan fingerprint density at radius 3 is 2.74 bits per heavy atom. The lowest BCUT2D eigenvalue weighted by atomic mass is 10.4. The maximum Gasteiger partial charge on any atom is 0.442 e. The number of aromatic nitrogens is 4. The molecule has 9 heteroatoms. The van der Waals surface area contributed by atoms with Crippen molar-refractivity contribution < 1.29 is 17.7 Å². The van der Waals surface area contributed by atoms with Gasteiger partial charge in [-0.15, -0.1) is 0 Å². The van der Waals surface area contributed by atoms with Gasteiger partial charge >= 0.3 is 11.9 Å². The average Bonchev–Trinajstić information content (AvgIpc) is 2.86. The summed E-state index contributed by atoms with van der Waals surface area (Å²) in [6.45, 7) is 0.508. The molecular weight excluding hydrogens is 265 g/mol. The lowest BCUT2D eigenvalue weighted by molar-refractivity contribution is -0.141. The Kier molecular flexibility index (Phi) is 3.45. The smallest absolute Gasteiger partial charge is 0.324 e. The molecule has 0 atom stereocenters. The minimum Gasteiger partial charge on any atom is -0.324 e. The van der Waals surface area contributed by atoms with Gasteiger partial charge in [0.2, 0.25) is 0 Å². The molecule has 0 radical (unpaired) electrons. The van der Waals surface area contributed by atoms with E-state index in [4.69, 9.17) is 0 Å². The first-order valence-electron chi connectivity index (χ1n) is 5.53. The Hall–Kier alpha value is -2.06. The average molecular weight is 276 g/mol. The summed E-state index contributed by atoms with van der Waals surface area (Å²) in [6, 6.07) is 0. The zero-order valence-electron chi connectivity index (χ0n) is 10.0. The molecule has 0 fully saturated rings. The molecule has 19 heavy (non-hydrogen) atoms. The monoisotopic (exact) mass is 276 g/mol. The van der Waals surface area contributed by atoms with Gasteiger partial charge in [-0.25, -0.2) is 9.78 Å². The molecule has 0 aromatic carbocycles. The van der Waals surface area contributed by atoms with Gasteiger partial charge in [-0.05, 0) is 0 Å². The highest BCUT2D eigenvalue weighted by atomic mass is 19.4. The van der Waals surface area contributed by atoms with Crippen LogP contribution in [0.1, 0.15) is 18.6 Å². The van der Waals surface area contributed by atoms with E-state index in [1.165, 1.54) is 12.4 Å². The quantitative estimate of drug-likeness (QED) is 0.841. The van der Waals surface area contributed by atoms with E-state index < -0.39 is 18.5 Å².